The number of hydrogen-bond acceptors (Lipinski definition) is 7. The Morgan fingerprint density at radius 1 is 1.15 bits per heavy atom. The highest BCUT2D eigenvalue weighted by molar-refractivity contribution is 8.18. The average Bonchev–Trinajstić information content (AvgIpc) is 3.33. The Kier molecular flexibility index (Phi) is 7.39. The van der Waals surface area contributed by atoms with Crippen molar-refractivity contribution in [1.29, 1.82) is 0 Å². The molecule has 10 heteroatoms. The molecule has 1 N–H and O–H groups in total. The minimum absolute atomic E-state index is 0.0704. The van der Waals surface area contributed by atoms with Gasteiger partial charge in [0.05, 0.1) is 10.6 Å². The number of aryl methyl sites for hydroxylation is 1. The van der Waals surface area contributed by atoms with Crippen LogP contribution in [0, 0.1) is 12.7 Å². The zero-order valence-electron chi connectivity index (χ0n) is 18.1. The molecule has 0 bridgehead atoms. The number of aromatic nitrogens is 1. The first-order chi connectivity index (χ1) is 16.4. The molecule has 1 aliphatic heterocycles. The largest absolute Gasteiger partial charge is 0.486 e. The monoisotopic (exact) mass is 497 g/mol. The van der Waals surface area contributed by atoms with E-state index in [4.69, 9.17) is 4.74 Å². The maximum Gasteiger partial charge on any atom is 0.293 e. The minimum atomic E-state index is -0.373. The van der Waals surface area contributed by atoms with Gasteiger partial charge in [0, 0.05) is 13.1 Å². The summed E-state index contributed by atoms with van der Waals surface area (Å²) in [5.41, 5.74) is 1.39. The van der Waals surface area contributed by atoms with Gasteiger partial charge in [0.2, 0.25) is 0 Å². The van der Waals surface area contributed by atoms with Crippen molar-refractivity contribution < 1.29 is 23.5 Å². The van der Waals surface area contributed by atoms with Crippen LogP contribution >= 0.6 is 23.1 Å². The third-order valence-corrected chi connectivity index (χ3v) is 6.85. The van der Waals surface area contributed by atoms with Crippen molar-refractivity contribution in [3.63, 3.8) is 0 Å². The normalized spacial score (nSPS) is 14.6. The van der Waals surface area contributed by atoms with Crippen LogP contribution in [0.15, 0.2) is 59.5 Å². The third kappa shape index (κ3) is 5.70. The van der Waals surface area contributed by atoms with E-state index in [1.165, 1.54) is 35.6 Å². The second-order valence-corrected chi connectivity index (χ2v) is 9.34. The lowest BCUT2D eigenvalue weighted by Crippen LogP contribution is -2.37. The van der Waals surface area contributed by atoms with E-state index >= 15 is 0 Å². The lowest BCUT2D eigenvalue weighted by atomic mass is 10.2. The van der Waals surface area contributed by atoms with E-state index in [9.17, 15) is 18.8 Å². The second kappa shape index (κ2) is 10.6. The molecule has 2 aromatic carbocycles. The molecule has 1 aromatic heterocycles. The SMILES string of the molecule is Cc1nc(COc2ccc(F)cc2)sc1C(=O)NCCN1C(=O)S/C(=C\c2ccccc2)C1=O. The highest BCUT2D eigenvalue weighted by atomic mass is 32.2. The van der Waals surface area contributed by atoms with Gasteiger partial charge in [-0.25, -0.2) is 9.37 Å². The molecule has 7 nitrogen and oxygen atoms in total. The van der Waals surface area contributed by atoms with Crippen LogP contribution in [0.2, 0.25) is 0 Å². The first-order valence-corrected chi connectivity index (χ1v) is 12.0. The standard InChI is InChI=1S/C24H20FN3O4S2/c1-15-21(34-20(27-15)14-32-18-9-7-17(25)8-10-18)22(29)26-11-12-28-23(30)19(33-24(28)31)13-16-5-3-2-4-6-16/h2-10,13H,11-12,14H2,1H3,(H,26,29)/b19-13-. The van der Waals surface area contributed by atoms with Crippen LogP contribution in [0.5, 0.6) is 5.75 Å². The van der Waals surface area contributed by atoms with Gasteiger partial charge in [-0.05, 0) is 54.6 Å². The highest BCUT2D eigenvalue weighted by Gasteiger charge is 2.34. The van der Waals surface area contributed by atoms with Gasteiger partial charge in [0.1, 0.15) is 28.1 Å². The number of hydrogen-bond donors (Lipinski definition) is 1. The number of halogens is 1. The Labute approximate surface area is 203 Å². The first kappa shape index (κ1) is 23.7. The van der Waals surface area contributed by atoms with Crippen LogP contribution in [-0.4, -0.2) is 40.0 Å². The highest BCUT2D eigenvalue weighted by Crippen LogP contribution is 2.31. The molecule has 3 amide bonds. The fraction of sp³-hybridized carbons (Fsp3) is 0.167. The molecule has 0 atom stereocenters. The summed E-state index contributed by atoms with van der Waals surface area (Å²) in [4.78, 5) is 43.7. The van der Waals surface area contributed by atoms with Crippen molar-refractivity contribution in [2.24, 2.45) is 0 Å². The van der Waals surface area contributed by atoms with E-state index in [2.05, 4.69) is 10.3 Å². The van der Waals surface area contributed by atoms with E-state index in [0.717, 1.165) is 22.2 Å². The number of nitrogens with zero attached hydrogens (tertiary/aromatic N) is 2. The van der Waals surface area contributed by atoms with E-state index in [0.29, 0.717) is 26.2 Å². The molecule has 1 fully saturated rings. The fourth-order valence-corrected chi connectivity index (χ4v) is 4.91. The lowest BCUT2D eigenvalue weighted by molar-refractivity contribution is -0.122. The quantitative estimate of drug-likeness (QED) is 0.457. The summed E-state index contributed by atoms with van der Waals surface area (Å²) >= 11 is 2.08. The van der Waals surface area contributed by atoms with E-state index in [1.807, 2.05) is 30.3 Å². The first-order valence-electron chi connectivity index (χ1n) is 10.3. The Morgan fingerprint density at radius 2 is 1.88 bits per heavy atom. The second-order valence-electron chi connectivity index (χ2n) is 7.26. The van der Waals surface area contributed by atoms with E-state index in [-0.39, 0.29) is 42.6 Å². The van der Waals surface area contributed by atoms with Crippen molar-refractivity contribution in [1.82, 2.24) is 15.2 Å². The summed E-state index contributed by atoms with van der Waals surface area (Å²) in [7, 11) is 0. The summed E-state index contributed by atoms with van der Waals surface area (Å²) in [6.45, 7) is 2.06. The van der Waals surface area contributed by atoms with Gasteiger partial charge >= 0.3 is 0 Å². The molecule has 0 unspecified atom stereocenters. The molecular formula is C24H20FN3O4S2. The molecule has 34 heavy (non-hydrogen) atoms. The van der Waals surface area contributed by atoms with Crippen molar-refractivity contribution in [3.05, 3.63) is 86.5 Å². The molecule has 3 aromatic rings. The number of imide groups is 1. The molecule has 2 heterocycles. The smallest absolute Gasteiger partial charge is 0.293 e. The number of carbonyl (C=O) groups excluding carboxylic acids is 3. The fourth-order valence-electron chi connectivity index (χ4n) is 3.16. The number of carbonyl (C=O) groups is 3. The summed E-state index contributed by atoms with van der Waals surface area (Å²) in [6.07, 6.45) is 1.68. The minimum Gasteiger partial charge on any atom is -0.486 e. The molecule has 4 rings (SSSR count). The number of rotatable bonds is 8. The van der Waals surface area contributed by atoms with E-state index in [1.54, 1.807) is 13.0 Å². The van der Waals surface area contributed by atoms with Crippen LogP contribution in [0.3, 0.4) is 0 Å². The molecule has 174 valence electrons. The van der Waals surface area contributed by atoms with Crippen LogP contribution in [0.4, 0.5) is 9.18 Å². The number of nitrogens with one attached hydrogen (secondary N) is 1. The maximum absolute atomic E-state index is 13.0. The molecule has 1 aliphatic rings. The number of amides is 3. The van der Waals surface area contributed by atoms with Gasteiger partial charge in [-0.3, -0.25) is 19.3 Å². The molecule has 0 radical (unpaired) electrons. The summed E-state index contributed by atoms with van der Waals surface area (Å²) in [5.74, 6) is -0.563. The summed E-state index contributed by atoms with van der Waals surface area (Å²) in [5, 5.41) is 2.98. The molecule has 0 spiro atoms. The zero-order valence-corrected chi connectivity index (χ0v) is 19.7. The van der Waals surface area contributed by atoms with Gasteiger partial charge in [0.25, 0.3) is 17.1 Å². The lowest BCUT2D eigenvalue weighted by Gasteiger charge is -2.12. The Morgan fingerprint density at radius 3 is 2.62 bits per heavy atom. The van der Waals surface area contributed by atoms with Gasteiger partial charge in [-0.1, -0.05) is 30.3 Å². The van der Waals surface area contributed by atoms with Gasteiger partial charge in [-0.2, -0.15) is 0 Å². The molecular weight excluding hydrogens is 477 g/mol. The molecule has 0 saturated carbocycles. The molecule has 1 saturated heterocycles. The predicted octanol–water partition coefficient (Wildman–Crippen LogP) is 4.64. The third-order valence-electron chi connectivity index (χ3n) is 4.81. The average molecular weight is 498 g/mol. The van der Waals surface area contributed by atoms with Crippen LogP contribution < -0.4 is 10.1 Å². The topological polar surface area (TPSA) is 88.6 Å². The maximum atomic E-state index is 13.0. The Balaban J connectivity index is 1.30. The van der Waals surface area contributed by atoms with Crippen molar-refractivity contribution in [3.8, 4) is 5.75 Å². The predicted molar refractivity (Wildman–Crippen MR) is 129 cm³/mol. The van der Waals surface area contributed by atoms with E-state index < -0.39 is 0 Å². The van der Waals surface area contributed by atoms with Crippen molar-refractivity contribution in [2.75, 3.05) is 13.1 Å². The number of ether oxygens (including phenoxy) is 1. The van der Waals surface area contributed by atoms with Gasteiger partial charge in [-0.15, -0.1) is 11.3 Å². The molecule has 0 aliphatic carbocycles. The van der Waals surface area contributed by atoms with Crippen molar-refractivity contribution >= 4 is 46.2 Å². The number of benzene rings is 2. The Hall–Kier alpha value is -3.50. The van der Waals surface area contributed by atoms with Crippen LogP contribution in [-0.2, 0) is 11.4 Å². The summed E-state index contributed by atoms with van der Waals surface area (Å²) in [6, 6.07) is 14.9. The van der Waals surface area contributed by atoms with Gasteiger partial charge in [0.15, 0.2) is 0 Å². The number of thioether (sulfide) groups is 1. The van der Waals surface area contributed by atoms with Crippen molar-refractivity contribution in [2.45, 2.75) is 13.5 Å². The van der Waals surface area contributed by atoms with Gasteiger partial charge < -0.3 is 10.1 Å². The zero-order chi connectivity index (χ0) is 24.1. The van der Waals surface area contributed by atoms with Crippen LogP contribution in [0.1, 0.15) is 25.9 Å². The summed E-state index contributed by atoms with van der Waals surface area (Å²) < 4.78 is 18.6. The Bertz CT molecular complexity index is 1240. The van der Waals surface area contributed by atoms with Crippen LogP contribution in [0.25, 0.3) is 6.08 Å². The number of thiazole rings is 1.